The molecule has 0 saturated carbocycles. The molecule has 0 bridgehead atoms. The fourth-order valence-corrected chi connectivity index (χ4v) is 2.37. The molecule has 1 aromatic heterocycles. The highest BCUT2D eigenvalue weighted by atomic mass is 79.9. The van der Waals surface area contributed by atoms with Gasteiger partial charge in [0, 0.05) is 16.1 Å². The predicted octanol–water partition coefficient (Wildman–Crippen LogP) is 4.81. The first-order chi connectivity index (χ1) is 9.45. The number of hydrogen-bond acceptors (Lipinski definition) is 1. The molecule has 0 aliphatic heterocycles. The second-order valence-electron chi connectivity index (χ2n) is 4.29. The number of alkyl halides is 3. The van der Waals surface area contributed by atoms with Crippen LogP contribution in [0.5, 0.6) is 0 Å². The van der Waals surface area contributed by atoms with Crippen LogP contribution in [0.1, 0.15) is 5.56 Å². The second kappa shape index (κ2) is 4.63. The first-order valence-corrected chi connectivity index (χ1v) is 6.56. The van der Waals surface area contributed by atoms with Crippen molar-refractivity contribution in [2.24, 2.45) is 0 Å². The minimum absolute atomic E-state index is 0.0207. The Labute approximate surface area is 121 Å². The van der Waals surface area contributed by atoms with Crippen molar-refractivity contribution in [3.05, 3.63) is 58.7 Å². The van der Waals surface area contributed by atoms with Crippen LogP contribution in [0.4, 0.5) is 13.2 Å². The van der Waals surface area contributed by atoms with Crippen LogP contribution >= 0.6 is 15.9 Å². The van der Waals surface area contributed by atoms with Gasteiger partial charge in [-0.15, -0.1) is 0 Å². The second-order valence-corrected chi connectivity index (χ2v) is 5.21. The molecule has 0 aliphatic rings. The van der Waals surface area contributed by atoms with Gasteiger partial charge in [-0.2, -0.15) is 18.3 Å². The van der Waals surface area contributed by atoms with E-state index in [1.54, 1.807) is 24.4 Å². The first kappa shape index (κ1) is 13.2. The monoisotopic (exact) mass is 340 g/mol. The summed E-state index contributed by atoms with van der Waals surface area (Å²) in [5.41, 5.74) is -0.0458. The molecule has 0 saturated heterocycles. The molecular formula is C14H8BrF3N2. The summed E-state index contributed by atoms with van der Waals surface area (Å²) in [6.45, 7) is 0. The summed E-state index contributed by atoms with van der Waals surface area (Å²) in [4.78, 5) is 0. The lowest BCUT2D eigenvalue weighted by Crippen LogP contribution is -2.10. The van der Waals surface area contributed by atoms with E-state index in [1.807, 2.05) is 6.07 Å². The van der Waals surface area contributed by atoms with Crippen LogP contribution in [0, 0.1) is 0 Å². The molecule has 2 nitrogen and oxygen atoms in total. The van der Waals surface area contributed by atoms with Crippen molar-refractivity contribution in [2.45, 2.75) is 6.18 Å². The molecule has 102 valence electrons. The van der Waals surface area contributed by atoms with Crippen molar-refractivity contribution in [1.82, 2.24) is 9.78 Å². The Morgan fingerprint density at radius 2 is 1.80 bits per heavy atom. The maximum Gasteiger partial charge on any atom is 0.418 e. The smallest absolute Gasteiger partial charge is 0.239 e. The highest BCUT2D eigenvalue weighted by molar-refractivity contribution is 9.10. The third-order valence-electron chi connectivity index (χ3n) is 2.93. The molecule has 0 N–H and O–H groups in total. The zero-order valence-corrected chi connectivity index (χ0v) is 11.6. The lowest BCUT2D eigenvalue weighted by Gasteiger charge is -2.12. The topological polar surface area (TPSA) is 17.8 Å². The van der Waals surface area contributed by atoms with E-state index >= 15 is 0 Å². The van der Waals surface area contributed by atoms with Crippen molar-refractivity contribution in [1.29, 1.82) is 0 Å². The Morgan fingerprint density at radius 1 is 1.05 bits per heavy atom. The summed E-state index contributed by atoms with van der Waals surface area (Å²) < 4.78 is 41.1. The maximum absolute atomic E-state index is 13.0. The number of nitrogens with zero attached hydrogens (tertiary/aromatic N) is 2. The van der Waals surface area contributed by atoms with Crippen molar-refractivity contribution in [3.63, 3.8) is 0 Å². The average molecular weight is 341 g/mol. The van der Waals surface area contributed by atoms with Crippen LogP contribution in [-0.2, 0) is 6.18 Å². The van der Waals surface area contributed by atoms with Crippen LogP contribution in [-0.4, -0.2) is 9.78 Å². The fraction of sp³-hybridized carbons (Fsp3) is 0.0714. The summed E-state index contributed by atoms with van der Waals surface area (Å²) in [5.74, 6) is 0. The van der Waals surface area contributed by atoms with E-state index in [0.717, 1.165) is 15.9 Å². The number of rotatable bonds is 1. The molecule has 1 heterocycles. The highest BCUT2D eigenvalue weighted by Gasteiger charge is 2.33. The third kappa shape index (κ3) is 2.31. The number of halogens is 4. The number of aromatic nitrogens is 2. The van der Waals surface area contributed by atoms with E-state index in [2.05, 4.69) is 21.0 Å². The van der Waals surface area contributed by atoms with Crippen LogP contribution in [0.3, 0.4) is 0 Å². The standard InChI is InChI=1S/C14H8BrF3N2/c15-10-6-5-9-8-20(19-12(9)7-10)13-4-2-1-3-11(13)14(16,17)18/h1-8H. The molecule has 0 fully saturated rings. The van der Waals surface area contributed by atoms with Crippen molar-refractivity contribution in [2.75, 3.05) is 0 Å². The molecule has 3 rings (SSSR count). The van der Waals surface area contributed by atoms with Crippen LogP contribution in [0.2, 0.25) is 0 Å². The molecule has 0 amide bonds. The molecule has 0 atom stereocenters. The van der Waals surface area contributed by atoms with Gasteiger partial charge in [0.1, 0.15) is 0 Å². The van der Waals surface area contributed by atoms with E-state index in [-0.39, 0.29) is 5.69 Å². The average Bonchev–Trinajstić information content (AvgIpc) is 2.80. The van der Waals surface area contributed by atoms with Gasteiger partial charge in [0.25, 0.3) is 0 Å². The SMILES string of the molecule is FC(F)(F)c1ccccc1-n1cc2ccc(Br)cc2n1. The zero-order valence-electron chi connectivity index (χ0n) is 10.0. The fourth-order valence-electron chi connectivity index (χ4n) is 2.03. The molecule has 0 aliphatic carbocycles. The molecule has 0 unspecified atom stereocenters. The molecule has 6 heteroatoms. The lowest BCUT2D eigenvalue weighted by atomic mass is 10.1. The Morgan fingerprint density at radius 3 is 2.55 bits per heavy atom. The molecule has 2 aromatic carbocycles. The number of fused-ring (bicyclic) bond motifs is 1. The minimum atomic E-state index is -4.41. The normalized spacial score (nSPS) is 12.0. The quantitative estimate of drug-likeness (QED) is 0.621. The van der Waals surface area contributed by atoms with Crippen molar-refractivity contribution >= 4 is 26.8 Å². The van der Waals surface area contributed by atoms with Crippen LogP contribution in [0.15, 0.2) is 53.1 Å². The minimum Gasteiger partial charge on any atom is -0.239 e. The van der Waals surface area contributed by atoms with E-state index in [1.165, 1.54) is 16.8 Å². The molecule has 3 aromatic rings. The van der Waals surface area contributed by atoms with E-state index in [4.69, 9.17) is 0 Å². The molecule has 0 radical (unpaired) electrons. The lowest BCUT2D eigenvalue weighted by molar-refractivity contribution is -0.137. The molecule has 20 heavy (non-hydrogen) atoms. The van der Waals surface area contributed by atoms with Gasteiger partial charge in [0.15, 0.2) is 0 Å². The first-order valence-electron chi connectivity index (χ1n) is 5.77. The van der Waals surface area contributed by atoms with Gasteiger partial charge in [-0.05, 0) is 24.3 Å². The van der Waals surface area contributed by atoms with Gasteiger partial charge in [0.2, 0.25) is 0 Å². The Hall–Kier alpha value is -1.82. The largest absolute Gasteiger partial charge is 0.418 e. The maximum atomic E-state index is 13.0. The van der Waals surface area contributed by atoms with Crippen LogP contribution in [0.25, 0.3) is 16.6 Å². The van der Waals surface area contributed by atoms with Crippen LogP contribution < -0.4 is 0 Å². The number of para-hydroxylation sites is 1. The van der Waals surface area contributed by atoms with Gasteiger partial charge in [0.05, 0.1) is 16.8 Å². The van der Waals surface area contributed by atoms with Gasteiger partial charge in [-0.25, -0.2) is 4.68 Å². The van der Waals surface area contributed by atoms with Crippen molar-refractivity contribution in [3.8, 4) is 5.69 Å². The van der Waals surface area contributed by atoms with Crippen molar-refractivity contribution < 1.29 is 13.2 Å². The number of hydrogen-bond donors (Lipinski definition) is 0. The molecular weight excluding hydrogens is 333 g/mol. The Balaban J connectivity index is 2.21. The van der Waals surface area contributed by atoms with Gasteiger partial charge >= 0.3 is 6.18 Å². The number of benzene rings is 2. The van der Waals surface area contributed by atoms with E-state index in [0.29, 0.717) is 5.52 Å². The summed E-state index contributed by atoms with van der Waals surface area (Å²) in [6, 6.07) is 10.8. The van der Waals surface area contributed by atoms with Gasteiger partial charge in [-0.3, -0.25) is 0 Å². The van der Waals surface area contributed by atoms with E-state index in [9.17, 15) is 13.2 Å². The van der Waals surface area contributed by atoms with Gasteiger partial charge in [-0.1, -0.05) is 34.1 Å². The zero-order chi connectivity index (χ0) is 14.3. The predicted molar refractivity (Wildman–Crippen MR) is 73.8 cm³/mol. The summed E-state index contributed by atoms with van der Waals surface area (Å²) >= 11 is 3.31. The van der Waals surface area contributed by atoms with E-state index < -0.39 is 11.7 Å². The molecule has 0 spiro atoms. The summed E-state index contributed by atoms with van der Waals surface area (Å²) in [5, 5.41) is 4.99. The Kier molecular flexibility index (Phi) is 3.05. The van der Waals surface area contributed by atoms with Gasteiger partial charge < -0.3 is 0 Å². The highest BCUT2D eigenvalue weighted by Crippen LogP contribution is 2.34. The summed E-state index contributed by atoms with van der Waals surface area (Å²) in [6.07, 6.45) is -2.82. The Bertz CT molecular complexity index is 777. The third-order valence-corrected chi connectivity index (χ3v) is 3.42. The summed E-state index contributed by atoms with van der Waals surface area (Å²) in [7, 11) is 0.